The molecule has 2 N–H and O–H groups in total. The summed E-state index contributed by atoms with van der Waals surface area (Å²) in [5.41, 5.74) is 0.507. The van der Waals surface area contributed by atoms with Crippen LogP contribution in [0.15, 0.2) is 6.33 Å². The van der Waals surface area contributed by atoms with Crippen LogP contribution in [0.25, 0.3) is 0 Å². The zero-order chi connectivity index (χ0) is 12.3. The van der Waals surface area contributed by atoms with Gasteiger partial charge in [-0.25, -0.2) is 9.97 Å². The predicted molar refractivity (Wildman–Crippen MR) is 62.0 cm³/mol. The zero-order valence-electron chi connectivity index (χ0n) is 9.21. The summed E-state index contributed by atoms with van der Waals surface area (Å²) in [5, 5.41) is 18.6. The molecule has 1 aliphatic heterocycles. The minimum Gasteiger partial charge on any atom is -0.394 e. The molecule has 17 heavy (non-hydrogen) atoms. The fourth-order valence-electron chi connectivity index (χ4n) is 1.81. The number of aliphatic hydroxyl groups excluding tert-OH is 2. The second kappa shape index (κ2) is 5.59. The van der Waals surface area contributed by atoms with E-state index in [9.17, 15) is 5.11 Å². The van der Waals surface area contributed by atoms with Gasteiger partial charge in [-0.2, -0.15) is 0 Å². The molecule has 0 amide bonds. The molecule has 1 aromatic heterocycles. The minimum absolute atomic E-state index is 0.0379. The maximum Gasteiger partial charge on any atom is 0.140 e. The van der Waals surface area contributed by atoms with Crippen molar-refractivity contribution in [2.45, 2.75) is 12.7 Å². The Morgan fingerprint density at radius 1 is 1.47 bits per heavy atom. The molecule has 0 radical (unpaired) electrons. The van der Waals surface area contributed by atoms with Crippen molar-refractivity contribution in [3.63, 3.8) is 0 Å². The van der Waals surface area contributed by atoms with Gasteiger partial charge >= 0.3 is 0 Å². The number of anilines is 1. The summed E-state index contributed by atoms with van der Waals surface area (Å²) < 4.78 is 5.35. The van der Waals surface area contributed by atoms with Crippen LogP contribution in [0.3, 0.4) is 0 Å². The Balaban J connectivity index is 2.24. The fourth-order valence-corrected chi connectivity index (χ4v) is 2.00. The first kappa shape index (κ1) is 12.5. The molecule has 1 aliphatic rings. The largest absolute Gasteiger partial charge is 0.394 e. The second-order valence-electron chi connectivity index (χ2n) is 3.75. The first-order valence-corrected chi connectivity index (χ1v) is 5.71. The summed E-state index contributed by atoms with van der Waals surface area (Å²) in [7, 11) is 0. The van der Waals surface area contributed by atoms with Gasteiger partial charge in [-0.1, -0.05) is 11.6 Å². The maximum absolute atomic E-state index is 9.28. The predicted octanol–water partition coefficient (Wildman–Crippen LogP) is -0.180. The Labute approximate surface area is 104 Å². The highest BCUT2D eigenvalue weighted by atomic mass is 35.5. The van der Waals surface area contributed by atoms with Gasteiger partial charge in [-0.05, 0) is 0 Å². The van der Waals surface area contributed by atoms with Gasteiger partial charge in [0, 0.05) is 13.1 Å². The fraction of sp³-hybridized carbons (Fsp3) is 0.600. The van der Waals surface area contributed by atoms with Crippen molar-refractivity contribution < 1.29 is 14.9 Å². The van der Waals surface area contributed by atoms with Crippen molar-refractivity contribution in [2.24, 2.45) is 0 Å². The van der Waals surface area contributed by atoms with Crippen LogP contribution in [0.2, 0.25) is 5.15 Å². The lowest BCUT2D eigenvalue weighted by atomic mass is 10.2. The Bertz CT molecular complexity index is 391. The van der Waals surface area contributed by atoms with Crippen molar-refractivity contribution in [1.82, 2.24) is 9.97 Å². The van der Waals surface area contributed by atoms with Crippen molar-refractivity contribution in [2.75, 3.05) is 31.2 Å². The molecule has 1 aromatic rings. The summed E-state index contributed by atoms with van der Waals surface area (Å²) in [5.74, 6) is 0.606. The summed E-state index contributed by atoms with van der Waals surface area (Å²) >= 11 is 5.90. The average molecular weight is 260 g/mol. The maximum atomic E-state index is 9.28. The third-order valence-electron chi connectivity index (χ3n) is 2.67. The van der Waals surface area contributed by atoms with Crippen molar-refractivity contribution in [3.8, 4) is 0 Å². The van der Waals surface area contributed by atoms with E-state index in [0.29, 0.717) is 31.1 Å². The van der Waals surface area contributed by atoms with E-state index in [2.05, 4.69) is 9.97 Å². The van der Waals surface area contributed by atoms with Crippen LogP contribution in [0.1, 0.15) is 5.56 Å². The highest BCUT2D eigenvalue weighted by Gasteiger charge is 2.23. The number of rotatable bonds is 3. The molecule has 0 aromatic carbocycles. The molecule has 0 spiro atoms. The third-order valence-corrected chi connectivity index (χ3v) is 3.00. The van der Waals surface area contributed by atoms with Crippen LogP contribution in [0, 0.1) is 0 Å². The monoisotopic (exact) mass is 259 g/mol. The van der Waals surface area contributed by atoms with Crippen molar-refractivity contribution >= 4 is 17.4 Å². The molecule has 2 rings (SSSR count). The number of aromatic nitrogens is 2. The Hall–Kier alpha value is -0.950. The van der Waals surface area contributed by atoms with Gasteiger partial charge in [0.25, 0.3) is 0 Å². The van der Waals surface area contributed by atoms with Gasteiger partial charge in [0.2, 0.25) is 0 Å². The topological polar surface area (TPSA) is 78.7 Å². The molecule has 7 heteroatoms. The molecule has 94 valence electrons. The molecular weight excluding hydrogens is 246 g/mol. The van der Waals surface area contributed by atoms with E-state index in [-0.39, 0.29) is 24.5 Å². The lowest BCUT2D eigenvalue weighted by Crippen LogP contribution is -2.44. The van der Waals surface area contributed by atoms with Gasteiger partial charge < -0.3 is 19.8 Å². The van der Waals surface area contributed by atoms with Gasteiger partial charge in [0.1, 0.15) is 17.3 Å². The average Bonchev–Trinajstić information content (AvgIpc) is 2.38. The van der Waals surface area contributed by atoms with E-state index >= 15 is 0 Å². The van der Waals surface area contributed by atoms with Crippen LogP contribution in [-0.2, 0) is 11.3 Å². The molecule has 0 bridgehead atoms. The highest BCUT2D eigenvalue weighted by molar-refractivity contribution is 6.30. The Morgan fingerprint density at radius 2 is 2.29 bits per heavy atom. The first-order chi connectivity index (χ1) is 8.26. The van der Waals surface area contributed by atoms with Crippen LogP contribution in [0.5, 0.6) is 0 Å². The van der Waals surface area contributed by atoms with Gasteiger partial charge in [0.05, 0.1) is 31.5 Å². The summed E-state index contributed by atoms with van der Waals surface area (Å²) in [6.45, 7) is 1.44. The second-order valence-corrected chi connectivity index (χ2v) is 4.10. The number of hydrogen-bond acceptors (Lipinski definition) is 6. The molecule has 6 nitrogen and oxygen atoms in total. The van der Waals surface area contributed by atoms with E-state index < -0.39 is 0 Å². The smallest absolute Gasteiger partial charge is 0.140 e. The number of nitrogens with zero attached hydrogens (tertiary/aromatic N) is 3. The van der Waals surface area contributed by atoms with Gasteiger partial charge in [0.15, 0.2) is 0 Å². The third kappa shape index (κ3) is 2.66. The van der Waals surface area contributed by atoms with Crippen LogP contribution < -0.4 is 4.90 Å². The van der Waals surface area contributed by atoms with Gasteiger partial charge in [-0.3, -0.25) is 0 Å². The first-order valence-electron chi connectivity index (χ1n) is 5.34. The van der Waals surface area contributed by atoms with Crippen LogP contribution >= 0.6 is 11.6 Å². The van der Waals surface area contributed by atoms with Crippen molar-refractivity contribution in [1.29, 1.82) is 0 Å². The molecule has 1 fully saturated rings. The number of ether oxygens (including phenoxy) is 1. The van der Waals surface area contributed by atoms with E-state index in [4.69, 9.17) is 21.4 Å². The molecule has 1 unspecified atom stereocenters. The lowest BCUT2D eigenvalue weighted by Gasteiger charge is -2.33. The Kier molecular flexibility index (Phi) is 4.11. The zero-order valence-corrected chi connectivity index (χ0v) is 9.97. The SMILES string of the molecule is OCc1c(Cl)ncnc1N1CCOC(CO)C1. The molecule has 0 saturated carbocycles. The van der Waals surface area contributed by atoms with Crippen LogP contribution in [0.4, 0.5) is 5.82 Å². The van der Waals surface area contributed by atoms with E-state index in [0.717, 1.165) is 0 Å². The highest BCUT2D eigenvalue weighted by Crippen LogP contribution is 2.24. The number of hydrogen-bond donors (Lipinski definition) is 2. The summed E-state index contributed by atoms with van der Waals surface area (Å²) in [6.07, 6.45) is 1.13. The lowest BCUT2D eigenvalue weighted by molar-refractivity contribution is 0.00326. The van der Waals surface area contributed by atoms with Gasteiger partial charge in [-0.15, -0.1) is 0 Å². The van der Waals surface area contributed by atoms with E-state index in [1.807, 2.05) is 4.90 Å². The minimum atomic E-state index is -0.232. The van der Waals surface area contributed by atoms with Crippen molar-refractivity contribution in [3.05, 3.63) is 17.0 Å². The summed E-state index contributed by atoms with van der Waals surface area (Å²) in [6, 6.07) is 0. The normalized spacial score (nSPS) is 20.6. The standard InChI is InChI=1S/C10H14ClN3O3/c11-9-8(5-16)10(13-6-12-9)14-1-2-17-7(3-14)4-15/h6-7,15-16H,1-5H2. The molecule has 1 saturated heterocycles. The molecule has 1 atom stereocenters. The molecular formula is C10H14ClN3O3. The quantitative estimate of drug-likeness (QED) is 0.734. The Morgan fingerprint density at radius 3 is 3.00 bits per heavy atom. The van der Waals surface area contributed by atoms with E-state index in [1.165, 1.54) is 6.33 Å². The molecule has 0 aliphatic carbocycles. The molecule has 2 heterocycles. The van der Waals surface area contributed by atoms with Crippen LogP contribution in [-0.4, -0.2) is 52.6 Å². The number of halogens is 1. The summed E-state index contributed by atoms with van der Waals surface area (Å²) in [4.78, 5) is 9.90. The number of morpholine rings is 1. The number of aliphatic hydroxyl groups is 2. The van der Waals surface area contributed by atoms with E-state index in [1.54, 1.807) is 0 Å².